The quantitative estimate of drug-likeness (QED) is 0.828. The Hall–Kier alpha value is -1.76. The van der Waals surface area contributed by atoms with Crippen LogP contribution in [-0.4, -0.2) is 41.4 Å². The van der Waals surface area contributed by atoms with Gasteiger partial charge in [0.1, 0.15) is 5.69 Å². The Labute approximate surface area is 121 Å². The first-order valence-electron chi connectivity index (χ1n) is 6.36. The number of carbonyl (C=O) groups is 2. The summed E-state index contributed by atoms with van der Waals surface area (Å²) in [6.45, 7) is 4.37. The topological polar surface area (TPSA) is 83.5 Å². The lowest BCUT2D eigenvalue weighted by Crippen LogP contribution is -2.28. The highest BCUT2D eigenvalue weighted by Crippen LogP contribution is 2.20. The number of aromatic nitrogens is 1. The Morgan fingerprint density at radius 1 is 1.50 bits per heavy atom. The van der Waals surface area contributed by atoms with Gasteiger partial charge in [0, 0.05) is 11.4 Å². The Morgan fingerprint density at radius 2 is 2.25 bits per heavy atom. The number of aryl methyl sites for hydroxylation is 1. The van der Waals surface area contributed by atoms with Crippen molar-refractivity contribution in [2.45, 2.75) is 20.3 Å². The van der Waals surface area contributed by atoms with Crippen LogP contribution in [0.4, 0.5) is 0 Å². The summed E-state index contributed by atoms with van der Waals surface area (Å²) in [4.78, 5) is 31.2. The molecular formula is C13H17N3O3S. The van der Waals surface area contributed by atoms with Gasteiger partial charge in [0.25, 0.3) is 5.91 Å². The van der Waals surface area contributed by atoms with Crippen molar-refractivity contribution in [1.82, 2.24) is 10.3 Å². The molecule has 0 fully saturated rings. The van der Waals surface area contributed by atoms with E-state index >= 15 is 0 Å². The maximum Gasteiger partial charge on any atom is 0.339 e. The second-order valence-electron chi connectivity index (χ2n) is 4.31. The van der Waals surface area contributed by atoms with E-state index in [1.807, 2.05) is 6.92 Å². The second kappa shape index (κ2) is 6.13. The molecule has 2 heterocycles. The molecule has 0 atom stereocenters. The van der Waals surface area contributed by atoms with Gasteiger partial charge in [-0.15, -0.1) is 0 Å². The number of nitrogens with one attached hydrogen (secondary N) is 2. The molecule has 0 saturated heterocycles. The maximum absolute atomic E-state index is 12.2. The number of aliphatic imine (C=N–C) groups is 1. The zero-order valence-corrected chi connectivity index (χ0v) is 12.5. The predicted octanol–water partition coefficient (Wildman–Crippen LogP) is 1.50. The molecular weight excluding hydrogens is 278 g/mol. The molecule has 0 radical (unpaired) electrons. The van der Waals surface area contributed by atoms with Gasteiger partial charge in [-0.3, -0.25) is 9.79 Å². The van der Waals surface area contributed by atoms with Crippen molar-refractivity contribution in [3.63, 3.8) is 0 Å². The van der Waals surface area contributed by atoms with Crippen molar-refractivity contribution in [3.05, 3.63) is 22.5 Å². The van der Waals surface area contributed by atoms with Crippen molar-refractivity contribution in [3.8, 4) is 0 Å². The first-order chi connectivity index (χ1) is 9.58. The molecule has 2 N–H and O–H groups in total. The normalized spacial score (nSPS) is 14.1. The Balaban J connectivity index is 2.29. The van der Waals surface area contributed by atoms with Gasteiger partial charge in [-0.1, -0.05) is 18.7 Å². The minimum absolute atomic E-state index is 0.277. The zero-order chi connectivity index (χ0) is 14.7. The monoisotopic (exact) mass is 295 g/mol. The van der Waals surface area contributed by atoms with Crippen LogP contribution in [0.5, 0.6) is 0 Å². The lowest BCUT2D eigenvalue weighted by molar-refractivity contribution is 0.0599. The number of hydrogen-bond donors (Lipinski definition) is 2. The molecule has 6 nitrogen and oxygen atoms in total. The highest BCUT2D eigenvalue weighted by Gasteiger charge is 2.24. The number of nitrogens with zero attached hydrogens (tertiary/aromatic N) is 1. The van der Waals surface area contributed by atoms with E-state index in [-0.39, 0.29) is 5.91 Å². The summed E-state index contributed by atoms with van der Waals surface area (Å²) in [5.74, 6) is 0.176. The van der Waals surface area contributed by atoms with E-state index in [2.05, 4.69) is 15.3 Å². The number of amidine groups is 1. The highest BCUT2D eigenvalue weighted by atomic mass is 32.2. The van der Waals surface area contributed by atoms with Crippen LogP contribution in [0.1, 0.15) is 39.0 Å². The number of methoxy groups -OCH3 is 1. The average Bonchev–Trinajstić information content (AvgIpc) is 3.05. The van der Waals surface area contributed by atoms with Crippen molar-refractivity contribution in [2.24, 2.45) is 4.99 Å². The number of amides is 1. The Kier molecular flexibility index (Phi) is 4.49. The molecule has 0 spiro atoms. The van der Waals surface area contributed by atoms with Crippen molar-refractivity contribution in [2.75, 3.05) is 19.4 Å². The second-order valence-corrected chi connectivity index (χ2v) is 5.40. The smallest absolute Gasteiger partial charge is 0.339 e. The van der Waals surface area contributed by atoms with E-state index in [1.54, 1.807) is 6.92 Å². The van der Waals surface area contributed by atoms with Gasteiger partial charge in [0.2, 0.25) is 0 Å². The third kappa shape index (κ3) is 2.72. The molecule has 20 heavy (non-hydrogen) atoms. The maximum atomic E-state index is 12.2. The van der Waals surface area contributed by atoms with Crippen molar-refractivity contribution < 1.29 is 14.3 Å². The van der Waals surface area contributed by atoms with Gasteiger partial charge in [-0.05, 0) is 18.9 Å². The van der Waals surface area contributed by atoms with Gasteiger partial charge < -0.3 is 15.0 Å². The fourth-order valence-electron chi connectivity index (χ4n) is 2.10. The van der Waals surface area contributed by atoms with Gasteiger partial charge in [-0.25, -0.2) is 4.79 Å². The van der Waals surface area contributed by atoms with E-state index < -0.39 is 5.97 Å². The van der Waals surface area contributed by atoms with Gasteiger partial charge >= 0.3 is 5.97 Å². The molecule has 1 amide bonds. The van der Waals surface area contributed by atoms with Crippen LogP contribution in [0.3, 0.4) is 0 Å². The highest BCUT2D eigenvalue weighted by molar-refractivity contribution is 8.14. The molecule has 1 aromatic rings. The van der Waals surface area contributed by atoms with Gasteiger partial charge in [-0.2, -0.15) is 0 Å². The Morgan fingerprint density at radius 3 is 2.80 bits per heavy atom. The first kappa shape index (κ1) is 14.6. The summed E-state index contributed by atoms with van der Waals surface area (Å²) in [5.41, 5.74) is 2.15. The summed E-state index contributed by atoms with van der Waals surface area (Å²) in [6.07, 6.45) is 0.619. The van der Waals surface area contributed by atoms with Crippen LogP contribution in [0.25, 0.3) is 0 Å². The van der Waals surface area contributed by atoms with E-state index in [1.165, 1.54) is 18.9 Å². The number of thioether (sulfide) groups is 1. The first-order valence-corrected chi connectivity index (χ1v) is 7.35. The van der Waals surface area contributed by atoms with Gasteiger partial charge in [0.05, 0.1) is 19.2 Å². The summed E-state index contributed by atoms with van der Waals surface area (Å²) < 4.78 is 4.77. The van der Waals surface area contributed by atoms with Crippen LogP contribution in [0.15, 0.2) is 4.99 Å². The minimum atomic E-state index is -0.428. The number of esters is 1. The molecule has 1 aliphatic rings. The van der Waals surface area contributed by atoms with Crippen LogP contribution >= 0.6 is 11.8 Å². The van der Waals surface area contributed by atoms with E-state index in [0.29, 0.717) is 34.1 Å². The summed E-state index contributed by atoms with van der Waals surface area (Å²) in [5, 5.41) is 3.37. The van der Waals surface area contributed by atoms with Crippen molar-refractivity contribution >= 4 is 28.8 Å². The molecule has 0 bridgehead atoms. The molecule has 2 rings (SSSR count). The third-order valence-corrected chi connectivity index (χ3v) is 4.00. The average molecular weight is 295 g/mol. The number of rotatable bonds is 3. The van der Waals surface area contributed by atoms with Gasteiger partial charge in [0.15, 0.2) is 5.17 Å². The van der Waals surface area contributed by atoms with Crippen LogP contribution in [-0.2, 0) is 11.2 Å². The molecule has 0 aromatic carbocycles. The third-order valence-electron chi connectivity index (χ3n) is 3.10. The SMILES string of the molecule is CCc1[nH]c(C(=O)NC2=NCCS2)c(C)c1C(=O)OC. The summed E-state index contributed by atoms with van der Waals surface area (Å²) in [7, 11) is 1.33. The number of H-pyrrole nitrogens is 1. The number of hydrogen-bond acceptors (Lipinski definition) is 5. The minimum Gasteiger partial charge on any atom is -0.465 e. The molecule has 7 heteroatoms. The van der Waals surface area contributed by atoms with Crippen LogP contribution in [0.2, 0.25) is 0 Å². The summed E-state index contributed by atoms with van der Waals surface area (Å²) >= 11 is 1.51. The Bertz CT molecular complexity index is 578. The number of ether oxygens (including phenoxy) is 1. The van der Waals surface area contributed by atoms with E-state index in [9.17, 15) is 9.59 Å². The van der Waals surface area contributed by atoms with Crippen LogP contribution < -0.4 is 5.32 Å². The van der Waals surface area contributed by atoms with Crippen LogP contribution in [0, 0.1) is 6.92 Å². The predicted molar refractivity (Wildman–Crippen MR) is 78.5 cm³/mol. The zero-order valence-electron chi connectivity index (χ0n) is 11.7. The van der Waals surface area contributed by atoms with E-state index in [0.717, 1.165) is 12.3 Å². The van der Waals surface area contributed by atoms with E-state index in [4.69, 9.17) is 4.74 Å². The molecule has 1 aliphatic heterocycles. The molecule has 0 aliphatic carbocycles. The molecule has 0 saturated carbocycles. The lowest BCUT2D eigenvalue weighted by Gasteiger charge is -2.03. The fraction of sp³-hybridized carbons (Fsp3) is 0.462. The van der Waals surface area contributed by atoms with Crippen molar-refractivity contribution in [1.29, 1.82) is 0 Å². The summed E-state index contributed by atoms with van der Waals surface area (Å²) in [6, 6.07) is 0. The molecule has 1 aromatic heterocycles. The number of aromatic amines is 1. The molecule has 108 valence electrons. The largest absolute Gasteiger partial charge is 0.465 e. The standard InChI is InChI=1S/C13H17N3O3S/c1-4-8-9(12(18)19-3)7(2)10(15-8)11(17)16-13-14-5-6-20-13/h15H,4-6H2,1-3H3,(H,14,16,17). The fourth-order valence-corrected chi connectivity index (χ4v) is 2.82. The lowest BCUT2D eigenvalue weighted by atomic mass is 10.1. The number of carbonyl (C=O) groups excluding carboxylic acids is 2. The molecule has 0 unspecified atom stereocenters.